The zero-order valence-corrected chi connectivity index (χ0v) is 13.8. The smallest absolute Gasteiger partial charge is 0.244 e. The van der Waals surface area contributed by atoms with Crippen molar-refractivity contribution in [2.75, 3.05) is 19.0 Å². The first-order chi connectivity index (χ1) is 11.7. The van der Waals surface area contributed by atoms with Gasteiger partial charge in [-0.3, -0.25) is 0 Å². The molecule has 120 valence electrons. The second kappa shape index (κ2) is 6.96. The van der Waals surface area contributed by atoms with Gasteiger partial charge in [0.05, 0.1) is 0 Å². The van der Waals surface area contributed by atoms with Crippen LogP contribution in [0.2, 0.25) is 0 Å². The molecule has 0 aliphatic rings. The van der Waals surface area contributed by atoms with Crippen LogP contribution in [0, 0.1) is 5.21 Å². The molecule has 0 aliphatic heterocycles. The number of benzene rings is 3. The predicted molar refractivity (Wildman–Crippen MR) is 98.0 cm³/mol. The summed E-state index contributed by atoms with van der Waals surface area (Å²) in [5.74, 6) is 0. The molecule has 0 aliphatic carbocycles. The molecular weight excluding hydrogens is 298 g/mol. The first-order valence-electron chi connectivity index (χ1n) is 7.76. The van der Waals surface area contributed by atoms with E-state index in [0.717, 1.165) is 16.8 Å². The fourth-order valence-corrected chi connectivity index (χ4v) is 2.60. The van der Waals surface area contributed by atoms with E-state index in [4.69, 9.17) is 0 Å². The van der Waals surface area contributed by atoms with E-state index in [1.807, 2.05) is 85.7 Å². The molecule has 3 aromatic carbocycles. The van der Waals surface area contributed by atoms with Crippen LogP contribution in [0.4, 0.5) is 17.1 Å². The van der Waals surface area contributed by atoms with Crippen LogP contribution in [0.1, 0.15) is 0 Å². The second-order valence-corrected chi connectivity index (χ2v) is 5.64. The SMILES string of the molecule is CN(C)c1cccc(N=[N+]([O-])c2ccccc2)c1-c1ccccc1. The largest absolute Gasteiger partial charge is 0.594 e. The number of para-hydroxylation sites is 1. The van der Waals surface area contributed by atoms with E-state index in [0.29, 0.717) is 16.2 Å². The summed E-state index contributed by atoms with van der Waals surface area (Å²) in [5.41, 5.74) is 4.14. The molecule has 0 spiro atoms. The monoisotopic (exact) mass is 317 g/mol. The van der Waals surface area contributed by atoms with Crippen molar-refractivity contribution in [3.8, 4) is 11.1 Å². The van der Waals surface area contributed by atoms with E-state index in [2.05, 4.69) is 5.11 Å². The molecule has 4 nitrogen and oxygen atoms in total. The van der Waals surface area contributed by atoms with Gasteiger partial charge in [0.25, 0.3) is 0 Å². The molecule has 4 heteroatoms. The van der Waals surface area contributed by atoms with Crippen molar-refractivity contribution in [3.63, 3.8) is 0 Å². The third-order valence-corrected chi connectivity index (χ3v) is 3.74. The number of nitrogens with zero attached hydrogens (tertiary/aromatic N) is 3. The summed E-state index contributed by atoms with van der Waals surface area (Å²) in [4.78, 5) is 2.69. The van der Waals surface area contributed by atoms with Gasteiger partial charge in [-0.1, -0.05) is 59.5 Å². The highest BCUT2D eigenvalue weighted by atomic mass is 16.5. The molecule has 0 amide bonds. The summed E-state index contributed by atoms with van der Waals surface area (Å²) in [6.07, 6.45) is 0. The molecule has 0 radical (unpaired) electrons. The highest BCUT2D eigenvalue weighted by molar-refractivity contribution is 5.87. The van der Waals surface area contributed by atoms with Crippen LogP contribution >= 0.6 is 0 Å². The molecule has 3 rings (SSSR count). The van der Waals surface area contributed by atoms with Gasteiger partial charge < -0.3 is 10.1 Å². The van der Waals surface area contributed by atoms with Crippen molar-refractivity contribution in [1.82, 2.24) is 0 Å². The van der Waals surface area contributed by atoms with E-state index in [9.17, 15) is 5.21 Å². The Morgan fingerprint density at radius 2 is 1.42 bits per heavy atom. The van der Waals surface area contributed by atoms with E-state index in [-0.39, 0.29) is 0 Å². The summed E-state index contributed by atoms with van der Waals surface area (Å²) in [6, 6.07) is 24.8. The van der Waals surface area contributed by atoms with Gasteiger partial charge in [-0.25, -0.2) is 0 Å². The van der Waals surface area contributed by atoms with Crippen LogP contribution in [0.3, 0.4) is 0 Å². The fourth-order valence-electron chi connectivity index (χ4n) is 2.60. The molecule has 24 heavy (non-hydrogen) atoms. The van der Waals surface area contributed by atoms with Crippen molar-refractivity contribution in [1.29, 1.82) is 0 Å². The Morgan fingerprint density at radius 3 is 2.04 bits per heavy atom. The van der Waals surface area contributed by atoms with Crippen molar-refractivity contribution >= 4 is 17.1 Å². The number of hydrogen-bond acceptors (Lipinski definition) is 3. The van der Waals surface area contributed by atoms with E-state index < -0.39 is 0 Å². The fraction of sp³-hybridized carbons (Fsp3) is 0.100. The third kappa shape index (κ3) is 3.27. The van der Waals surface area contributed by atoms with Crippen LogP contribution in [-0.2, 0) is 0 Å². The topological polar surface area (TPSA) is 41.7 Å². The highest BCUT2D eigenvalue weighted by Crippen LogP contribution is 2.38. The molecular formula is C20H19N3O. The molecule has 0 aromatic heterocycles. The van der Waals surface area contributed by atoms with Crippen LogP contribution < -0.4 is 4.90 Å². The Balaban J connectivity index is 2.17. The molecule has 0 saturated carbocycles. The molecule has 3 aromatic rings. The van der Waals surface area contributed by atoms with E-state index in [1.165, 1.54) is 0 Å². The van der Waals surface area contributed by atoms with E-state index >= 15 is 0 Å². The van der Waals surface area contributed by atoms with Gasteiger partial charge in [-0.15, -0.1) is 0 Å². The van der Waals surface area contributed by atoms with Crippen LogP contribution in [0.15, 0.2) is 84.0 Å². The lowest BCUT2D eigenvalue weighted by Gasteiger charge is -2.18. The van der Waals surface area contributed by atoms with Gasteiger partial charge in [-0.2, -0.15) is 0 Å². The molecule has 0 atom stereocenters. The van der Waals surface area contributed by atoms with Gasteiger partial charge in [0, 0.05) is 42.6 Å². The number of anilines is 1. The Morgan fingerprint density at radius 1 is 0.792 bits per heavy atom. The summed E-state index contributed by atoms with van der Waals surface area (Å²) >= 11 is 0. The van der Waals surface area contributed by atoms with Gasteiger partial charge in [-0.05, 0) is 17.7 Å². The van der Waals surface area contributed by atoms with Crippen molar-refractivity contribution < 1.29 is 4.86 Å². The maximum absolute atomic E-state index is 12.4. The Labute approximate surface area is 141 Å². The summed E-state index contributed by atoms with van der Waals surface area (Å²) in [5, 5.41) is 16.7. The second-order valence-electron chi connectivity index (χ2n) is 5.64. The number of azo groups is 1. The average molecular weight is 317 g/mol. The first kappa shape index (κ1) is 15.7. The lowest BCUT2D eigenvalue weighted by molar-refractivity contribution is -0.435. The van der Waals surface area contributed by atoms with Crippen molar-refractivity contribution in [2.24, 2.45) is 5.11 Å². The normalized spacial score (nSPS) is 11.3. The Bertz CT molecular complexity index is 843. The lowest BCUT2D eigenvalue weighted by atomic mass is 10.0. The van der Waals surface area contributed by atoms with Gasteiger partial charge in [0.15, 0.2) is 0 Å². The molecule has 0 unspecified atom stereocenters. The first-order valence-corrected chi connectivity index (χ1v) is 7.76. The van der Waals surface area contributed by atoms with Crippen LogP contribution in [0.5, 0.6) is 0 Å². The van der Waals surface area contributed by atoms with Crippen LogP contribution in [0.25, 0.3) is 11.1 Å². The minimum absolute atomic E-state index is 0.506. The van der Waals surface area contributed by atoms with Gasteiger partial charge in [0.1, 0.15) is 5.69 Å². The summed E-state index contributed by atoms with van der Waals surface area (Å²) in [6.45, 7) is 0. The minimum atomic E-state index is 0.506. The quantitative estimate of drug-likeness (QED) is 0.370. The summed E-state index contributed by atoms with van der Waals surface area (Å²) in [7, 11) is 3.97. The molecule has 0 fully saturated rings. The van der Waals surface area contributed by atoms with E-state index in [1.54, 1.807) is 12.1 Å². The Kier molecular flexibility index (Phi) is 4.57. The Hall–Kier alpha value is -3.14. The molecule has 0 heterocycles. The summed E-state index contributed by atoms with van der Waals surface area (Å²) < 4.78 is 0. The zero-order valence-electron chi connectivity index (χ0n) is 13.8. The zero-order chi connectivity index (χ0) is 16.9. The van der Waals surface area contributed by atoms with Crippen molar-refractivity contribution in [2.45, 2.75) is 0 Å². The third-order valence-electron chi connectivity index (χ3n) is 3.74. The highest BCUT2D eigenvalue weighted by Gasteiger charge is 2.14. The lowest BCUT2D eigenvalue weighted by Crippen LogP contribution is -2.10. The van der Waals surface area contributed by atoms with Gasteiger partial charge in [0.2, 0.25) is 5.69 Å². The molecule has 0 bridgehead atoms. The van der Waals surface area contributed by atoms with Crippen LogP contribution in [-0.4, -0.2) is 19.0 Å². The predicted octanol–water partition coefficient (Wildman–Crippen LogP) is 5.35. The maximum Gasteiger partial charge on any atom is 0.244 e. The molecule has 0 saturated heterocycles. The maximum atomic E-state index is 12.4. The van der Waals surface area contributed by atoms with Gasteiger partial charge >= 0.3 is 0 Å². The van der Waals surface area contributed by atoms with Crippen molar-refractivity contribution in [3.05, 3.63) is 84.1 Å². The standard InChI is InChI=1S/C20H19N3O/c1-22(2)19-15-9-14-18(20(19)16-10-5-3-6-11-16)21-23(24)17-12-7-4-8-13-17/h3-15H,1-2H3. The number of hydrogen-bond donors (Lipinski definition) is 0. The average Bonchev–Trinajstić information content (AvgIpc) is 2.63. The molecule has 0 N–H and O–H groups in total. The number of rotatable bonds is 4. The minimum Gasteiger partial charge on any atom is -0.594 e.